The normalized spacial score (nSPS) is 16.3. The summed E-state index contributed by atoms with van der Waals surface area (Å²) in [6, 6.07) is 14.9. The van der Waals surface area contributed by atoms with Crippen molar-refractivity contribution in [1.29, 1.82) is 0 Å². The first-order valence-electron chi connectivity index (χ1n) is 8.78. The molecule has 0 radical (unpaired) electrons. The third kappa shape index (κ3) is 4.04. The minimum absolute atomic E-state index is 0.0656. The number of fused-ring (bicyclic) bond motifs is 1. The van der Waals surface area contributed by atoms with E-state index in [1.165, 1.54) is 0 Å². The molecule has 1 atom stereocenters. The van der Waals surface area contributed by atoms with Gasteiger partial charge >= 0.3 is 5.97 Å². The zero-order valence-electron chi connectivity index (χ0n) is 15.0. The van der Waals surface area contributed by atoms with Crippen molar-refractivity contribution >= 4 is 11.9 Å². The number of hydrogen-bond acceptors (Lipinski definition) is 3. The van der Waals surface area contributed by atoms with Gasteiger partial charge in [0, 0.05) is 13.1 Å². The van der Waals surface area contributed by atoms with Crippen molar-refractivity contribution in [3.05, 3.63) is 65.2 Å². The number of nitrogens with zero attached hydrogens (tertiary/aromatic N) is 1. The Kier molecular flexibility index (Phi) is 5.26. The molecular formula is C21H23NO4. The first kappa shape index (κ1) is 18.0. The van der Waals surface area contributed by atoms with Gasteiger partial charge < -0.3 is 14.7 Å². The van der Waals surface area contributed by atoms with Crippen molar-refractivity contribution in [1.82, 2.24) is 4.90 Å². The highest BCUT2D eigenvalue weighted by Crippen LogP contribution is 2.29. The first-order valence-corrected chi connectivity index (χ1v) is 8.78. The van der Waals surface area contributed by atoms with Gasteiger partial charge in [-0.2, -0.15) is 0 Å². The maximum atomic E-state index is 12.8. The lowest BCUT2D eigenvalue weighted by Gasteiger charge is -2.33. The number of hydrogen-bond donors (Lipinski definition) is 1. The van der Waals surface area contributed by atoms with Crippen LogP contribution in [0.4, 0.5) is 0 Å². The van der Waals surface area contributed by atoms with E-state index in [1.807, 2.05) is 62.4 Å². The smallest absolute Gasteiger partial charge is 0.312 e. The Morgan fingerprint density at radius 3 is 2.69 bits per heavy atom. The van der Waals surface area contributed by atoms with Gasteiger partial charge in [-0.15, -0.1) is 0 Å². The van der Waals surface area contributed by atoms with Crippen LogP contribution in [0.3, 0.4) is 0 Å². The molecule has 0 spiro atoms. The van der Waals surface area contributed by atoms with Gasteiger partial charge in [0.15, 0.2) is 0 Å². The predicted octanol–water partition coefficient (Wildman–Crippen LogP) is 3.23. The van der Waals surface area contributed by atoms with Crippen LogP contribution >= 0.6 is 0 Å². The molecule has 2 aromatic carbocycles. The number of aliphatic carboxylic acids is 1. The average molecular weight is 353 g/mol. The SMILES string of the molecule is CC(C)Oc1cccc(CC(=O)N2Cc3ccccc3C(C(=O)O)C2)c1. The second kappa shape index (κ2) is 7.60. The summed E-state index contributed by atoms with van der Waals surface area (Å²) >= 11 is 0. The van der Waals surface area contributed by atoms with E-state index in [4.69, 9.17) is 4.74 Å². The summed E-state index contributed by atoms with van der Waals surface area (Å²) in [4.78, 5) is 26.0. The number of ether oxygens (including phenoxy) is 1. The number of carbonyl (C=O) groups excluding carboxylic acids is 1. The molecule has 5 nitrogen and oxygen atoms in total. The molecule has 26 heavy (non-hydrogen) atoms. The molecule has 1 aliphatic heterocycles. The molecule has 1 N–H and O–H groups in total. The van der Waals surface area contributed by atoms with Gasteiger partial charge in [0.1, 0.15) is 5.75 Å². The number of carboxylic acid groups (broad SMARTS) is 1. The average Bonchev–Trinajstić information content (AvgIpc) is 2.60. The van der Waals surface area contributed by atoms with Crippen LogP contribution in [0, 0.1) is 0 Å². The summed E-state index contributed by atoms with van der Waals surface area (Å²) in [6.07, 6.45) is 0.292. The van der Waals surface area contributed by atoms with Gasteiger partial charge in [0.2, 0.25) is 5.91 Å². The number of rotatable bonds is 5. The Morgan fingerprint density at radius 1 is 1.19 bits per heavy atom. The highest BCUT2D eigenvalue weighted by atomic mass is 16.5. The van der Waals surface area contributed by atoms with Gasteiger partial charge in [-0.05, 0) is 42.7 Å². The monoisotopic (exact) mass is 353 g/mol. The Balaban J connectivity index is 1.76. The molecule has 2 aromatic rings. The van der Waals surface area contributed by atoms with Gasteiger partial charge in [0.05, 0.1) is 18.4 Å². The van der Waals surface area contributed by atoms with Gasteiger partial charge in [-0.3, -0.25) is 9.59 Å². The molecule has 5 heteroatoms. The van der Waals surface area contributed by atoms with Crippen molar-refractivity contribution in [3.8, 4) is 5.75 Å². The fraction of sp³-hybridized carbons (Fsp3) is 0.333. The van der Waals surface area contributed by atoms with Gasteiger partial charge in [0.25, 0.3) is 0 Å². The van der Waals surface area contributed by atoms with Crippen LogP contribution < -0.4 is 4.74 Å². The van der Waals surface area contributed by atoms with E-state index in [0.29, 0.717) is 6.54 Å². The van der Waals surface area contributed by atoms with Gasteiger partial charge in [-0.25, -0.2) is 0 Å². The molecule has 1 amide bonds. The van der Waals surface area contributed by atoms with Gasteiger partial charge in [-0.1, -0.05) is 36.4 Å². The van der Waals surface area contributed by atoms with Crippen LogP contribution in [0.5, 0.6) is 5.75 Å². The molecule has 0 aromatic heterocycles. The fourth-order valence-electron chi connectivity index (χ4n) is 3.30. The molecule has 136 valence electrons. The quantitative estimate of drug-likeness (QED) is 0.896. The number of carbonyl (C=O) groups is 2. The second-order valence-electron chi connectivity index (χ2n) is 6.85. The number of carboxylic acids is 1. The van der Waals surface area contributed by atoms with E-state index < -0.39 is 11.9 Å². The van der Waals surface area contributed by atoms with Crippen molar-refractivity contribution in [3.63, 3.8) is 0 Å². The lowest BCUT2D eigenvalue weighted by Crippen LogP contribution is -2.41. The summed E-state index contributed by atoms with van der Waals surface area (Å²) < 4.78 is 5.67. The Labute approximate surface area is 153 Å². The van der Waals surface area contributed by atoms with E-state index in [2.05, 4.69) is 0 Å². The topological polar surface area (TPSA) is 66.8 Å². The summed E-state index contributed by atoms with van der Waals surface area (Å²) in [7, 11) is 0. The highest BCUT2D eigenvalue weighted by Gasteiger charge is 2.32. The van der Waals surface area contributed by atoms with Crippen LogP contribution in [0.2, 0.25) is 0 Å². The van der Waals surface area contributed by atoms with E-state index in [9.17, 15) is 14.7 Å². The highest BCUT2D eigenvalue weighted by molar-refractivity contribution is 5.82. The van der Waals surface area contributed by atoms with Crippen molar-refractivity contribution < 1.29 is 19.4 Å². The van der Waals surface area contributed by atoms with E-state index in [1.54, 1.807) is 4.90 Å². The van der Waals surface area contributed by atoms with Crippen LogP contribution in [0.25, 0.3) is 0 Å². The second-order valence-corrected chi connectivity index (χ2v) is 6.85. The van der Waals surface area contributed by atoms with E-state index >= 15 is 0 Å². The zero-order valence-corrected chi connectivity index (χ0v) is 15.0. The third-order valence-corrected chi connectivity index (χ3v) is 4.47. The molecule has 0 aliphatic carbocycles. The Morgan fingerprint density at radius 2 is 1.96 bits per heavy atom. The van der Waals surface area contributed by atoms with Crippen LogP contribution in [-0.4, -0.2) is 34.5 Å². The maximum Gasteiger partial charge on any atom is 0.312 e. The summed E-state index contributed by atoms with van der Waals surface area (Å²) in [5.74, 6) is -0.924. The minimum Gasteiger partial charge on any atom is -0.491 e. The van der Waals surface area contributed by atoms with Crippen molar-refractivity contribution in [2.45, 2.75) is 38.8 Å². The first-order chi connectivity index (χ1) is 12.4. The number of amides is 1. The van der Waals surface area contributed by atoms with Crippen LogP contribution in [-0.2, 0) is 22.6 Å². The van der Waals surface area contributed by atoms with Crippen LogP contribution in [0.15, 0.2) is 48.5 Å². The van der Waals surface area contributed by atoms with E-state index in [0.717, 1.165) is 22.4 Å². The lowest BCUT2D eigenvalue weighted by atomic mass is 9.89. The molecule has 1 unspecified atom stereocenters. The minimum atomic E-state index is -0.901. The molecular weight excluding hydrogens is 330 g/mol. The fourth-order valence-corrected chi connectivity index (χ4v) is 3.30. The molecule has 0 fully saturated rings. The van der Waals surface area contributed by atoms with Crippen LogP contribution in [0.1, 0.15) is 36.5 Å². The summed E-state index contributed by atoms with van der Waals surface area (Å²) in [5.41, 5.74) is 2.56. The third-order valence-electron chi connectivity index (χ3n) is 4.47. The maximum absolute atomic E-state index is 12.8. The van der Waals surface area contributed by atoms with E-state index in [-0.39, 0.29) is 25.0 Å². The largest absolute Gasteiger partial charge is 0.491 e. The molecule has 1 heterocycles. The number of benzene rings is 2. The summed E-state index contributed by atoms with van der Waals surface area (Å²) in [5, 5.41) is 9.54. The van der Waals surface area contributed by atoms with Crippen molar-refractivity contribution in [2.75, 3.05) is 6.54 Å². The zero-order chi connectivity index (χ0) is 18.7. The Hall–Kier alpha value is -2.82. The lowest BCUT2D eigenvalue weighted by molar-refractivity contribution is -0.141. The van der Waals surface area contributed by atoms with Crippen molar-refractivity contribution in [2.24, 2.45) is 0 Å². The molecule has 1 aliphatic rings. The molecule has 0 saturated heterocycles. The Bertz CT molecular complexity index is 815. The molecule has 0 bridgehead atoms. The standard InChI is InChI=1S/C21H23NO4/c1-14(2)26-17-8-5-6-15(10-17)11-20(23)22-12-16-7-3-4-9-18(16)19(13-22)21(24)25/h3-10,14,19H,11-13H2,1-2H3,(H,24,25). The molecule has 3 rings (SSSR count). The predicted molar refractivity (Wildman–Crippen MR) is 98.1 cm³/mol. The summed E-state index contributed by atoms with van der Waals surface area (Å²) in [6.45, 7) is 4.55. The molecule has 0 saturated carbocycles.